The molecule has 1 amide bonds. The number of nitrogens with zero attached hydrogens (tertiary/aromatic N) is 3. The number of benzene rings is 2. The number of ether oxygens (including phenoxy) is 1. The Bertz CT molecular complexity index is 821. The lowest BCUT2D eigenvalue weighted by Gasteiger charge is -2.38. The van der Waals surface area contributed by atoms with Gasteiger partial charge in [-0.2, -0.15) is 5.26 Å². The molecule has 3 rings (SSSR count). The molecule has 1 saturated heterocycles. The summed E-state index contributed by atoms with van der Waals surface area (Å²) in [5, 5.41) is 11.9. The molecule has 0 aliphatic carbocycles. The van der Waals surface area contributed by atoms with Crippen molar-refractivity contribution in [3.8, 4) is 11.8 Å². The Morgan fingerprint density at radius 2 is 1.85 bits per heavy atom. The molecule has 0 bridgehead atoms. The smallest absolute Gasteiger partial charge is 0.241 e. The summed E-state index contributed by atoms with van der Waals surface area (Å²) in [5.41, 5.74) is 2.36. The lowest BCUT2D eigenvalue weighted by Crippen LogP contribution is -2.52. The molecule has 2 aromatic carbocycles. The quantitative estimate of drug-likeness (QED) is 0.883. The molecule has 6 heteroatoms. The van der Waals surface area contributed by atoms with Gasteiger partial charge in [0.15, 0.2) is 0 Å². The molecule has 1 fully saturated rings. The van der Waals surface area contributed by atoms with Crippen LogP contribution in [-0.4, -0.2) is 50.1 Å². The van der Waals surface area contributed by atoms with Crippen LogP contribution in [0.25, 0.3) is 0 Å². The highest BCUT2D eigenvalue weighted by atomic mass is 16.5. The molecule has 140 valence electrons. The van der Waals surface area contributed by atoms with Crippen molar-refractivity contribution in [2.45, 2.75) is 13.0 Å². The van der Waals surface area contributed by atoms with E-state index in [1.54, 1.807) is 31.4 Å². The van der Waals surface area contributed by atoms with Crippen LogP contribution in [0.3, 0.4) is 0 Å². The summed E-state index contributed by atoms with van der Waals surface area (Å²) in [6.45, 7) is 5.30. The summed E-state index contributed by atoms with van der Waals surface area (Å²) in [6, 6.07) is 16.9. The number of amides is 1. The average molecular weight is 364 g/mol. The van der Waals surface area contributed by atoms with Crippen LogP contribution in [0.1, 0.15) is 12.5 Å². The Morgan fingerprint density at radius 1 is 1.15 bits per heavy atom. The topological polar surface area (TPSA) is 68.6 Å². The van der Waals surface area contributed by atoms with Crippen molar-refractivity contribution in [1.29, 1.82) is 5.26 Å². The molecule has 27 heavy (non-hydrogen) atoms. The van der Waals surface area contributed by atoms with Crippen LogP contribution < -0.4 is 15.0 Å². The van der Waals surface area contributed by atoms with Crippen molar-refractivity contribution in [3.05, 3.63) is 54.1 Å². The van der Waals surface area contributed by atoms with E-state index in [0.29, 0.717) is 11.3 Å². The predicted molar refractivity (Wildman–Crippen MR) is 106 cm³/mol. The number of carbonyl (C=O) groups is 1. The van der Waals surface area contributed by atoms with E-state index in [1.807, 2.05) is 19.1 Å². The van der Waals surface area contributed by atoms with Gasteiger partial charge in [-0.25, -0.2) is 0 Å². The third-order valence-corrected chi connectivity index (χ3v) is 4.94. The summed E-state index contributed by atoms with van der Waals surface area (Å²) in [6.07, 6.45) is 0. The van der Waals surface area contributed by atoms with E-state index in [9.17, 15) is 4.79 Å². The van der Waals surface area contributed by atoms with Gasteiger partial charge in [0.2, 0.25) is 5.91 Å². The maximum absolute atomic E-state index is 12.6. The van der Waals surface area contributed by atoms with Crippen molar-refractivity contribution in [2.24, 2.45) is 0 Å². The molecule has 1 atom stereocenters. The SMILES string of the molecule is COc1ccc(N2CCN(C(C)C(=O)Nc3cccc(C#N)c3)CC2)cc1. The normalized spacial score (nSPS) is 15.7. The van der Waals surface area contributed by atoms with E-state index < -0.39 is 0 Å². The second-order valence-electron chi connectivity index (χ2n) is 6.58. The monoisotopic (exact) mass is 364 g/mol. The van der Waals surface area contributed by atoms with Crippen molar-refractivity contribution in [1.82, 2.24) is 4.90 Å². The highest BCUT2D eigenvalue weighted by molar-refractivity contribution is 5.94. The molecule has 1 unspecified atom stereocenters. The van der Waals surface area contributed by atoms with Crippen LogP contribution in [0.5, 0.6) is 5.75 Å². The number of nitriles is 1. The molecule has 6 nitrogen and oxygen atoms in total. The lowest BCUT2D eigenvalue weighted by atomic mass is 10.1. The van der Waals surface area contributed by atoms with Crippen LogP contribution in [-0.2, 0) is 4.79 Å². The Kier molecular flexibility index (Phi) is 5.94. The van der Waals surface area contributed by atoms with Gasteiger partial charge in [-0.05, 0) is 49.4 Å². The first kappa shape index (κ1) is 18.7. The van der Waals surface area contributed by atoms with Crippen molar-refractivity contribution in [2.75, 3.05) is 43.5 Å². The minimum absolute atomic E-state index is 0.0528. The van der Waals surface area contributed by atoms with Gasteiger partial charge in [-0.15, -0.1) is 0 Å². The fourth-order valence-corrected chi connectivity index (χ4v) is 3.24. The predicted octanol–water partition coefficient (Wildman–Crippen LogP) is 2.72. The largest absolute Gasteiger partial charge is 0.497 e. The third kappa shape index (κ3) is 4.57. The van der Waals surface area contributed by atoms with Gasteiger partial charge >= 0.3 is 0 Å². The summed E-state index contributed by atoms with van der Waals surface area (Å²) in [7, 11) is 1.66. The average Bonchev–Trinajstić information content (AvgIpc) is 2.73. The number of anilines is 2. The molecular weight excluding hydrogens is 340 g/mol. The van der Waals surface area contributed by atoms with Crippen LogP contribution in [0, 0.1) is 11.3 Å². The van der Waals surface area contributed by atoms with Gasteiger partial charge < -0.3 is 15.0 Å². The standard InChI is InChI=1S/C21H24N4O2/c1-16(21(26)23-18-5-3-4-17(14-18)15-22)24-10-12-25(13-11-24)19-6-8-20(27-2)9-7-19/h3-9,14,16H,10-13H2,1-2H3,(H,23,26). The van der Waals surface area contributed by atoms with E-state index in [-0.39, 0.29) is 11.9 Å². The minimum Gasteiger partial charge on any atom is -0.497 e. The molecule has 1 aliphatic rings. The zero-order valence-electron chi connectivity index (χ0n) is 15.7. The highest BCUT2D eigenvalue weighted by Crippen LogP contribution is 2.21. The number of nitrogens with one attached hydrogen (secondary N) is 1. The Labute approximate surface area is 160 Å². The Balaban J connectivity index is 1.54. The number of methoxy groups -OCH3 is 1. The zero-order valence-corrected chi connectivity index (χ0v) is 15.7. The minimum atomic E-state index is -0.228. The second-order valence-corrected chi connectivity index (χ2v) is 6.58. The van der Waals surface area contributed by atoms with Crippen molar-refractivity contribution < 1.29 is 9.53 Å². The van der Waals surface area contributed by atoms with Gasteiger partial charge in [-0.1, -0.05) is 6.07 Å². The lowest BCUT2D eigenvalue weighted by molar-refractivity contribution is -0.120. The summed E-state index contributed by atoms with van der Waals surface area (Å²) < 4.78 is 5.21. The first-order chi connectivity index (χ1) is 13.1. The van der Waals surface area contributed by atoms with E-state index in [1.165, 1.54) is 5.69 Å². The Hall–Kier alpha value is -3.04. The molecule has 2 aromatic rings. The van der Waals surface area contributed by atoms with E-state index >= 15 is 0 Å². The van der Waals surface area contributed by atoms with E-state index in [4.69, 9.17) is 10.00 Å². The fraction of sp³-hybridized carbons (Fsp3) is 0.333. The van der Waals surface area contributed by atoms with Crippen LogP contribution in [0.15, 0.2) is 48.5 Å². The number of hydrogen-bond donors (Lipinski definition) is 1. The number of piperazine rings is 1. The summed E-state index contributed by atoms with van der Waals surface area (Å²) >= 11 is 0. The molecule has 0 radical (unpaired) electrons. The van der Waals surface area contributed by atoms with Crippen molar-refractivity contribution in [3.63, 3.8) is 0 Å². The first-order valence-electron chi connectivity index (χ1n) is 9.05. The number of carbonyl (C=O) groups excluding carboxylic acids is 1. The third-order valence-electron chi connectivity index (χ3n) is 4.94. The van der Waals surface area contributed by atoms with Gasteiger partial charge in [0, 0.05) is 37.6 Å². The molecule has 0 aromatic heterocycles. The van der Waals surface area contributed by atoms with E-state index in [0.717, 1.165) is 31.9 Å². The van der Waals surface area contributed by atoms with Gasteiger partial charge in [-0.3, -0.25) is 9.69 Å². The first-order valence-corrected chi connectivity index (χ1v) is 9.05. The zero-order chi connectivity index (χ0) is 19.2. The molecule has 1 heterocycles. The van der Waals surface area contributed by atoms with Crippen LogP contribution in [0.4, 0.5) is 11.4 Å². The van der Waals surface area contributed by atoms with Crippen LogP contribution >= 0.6 is 0 Å². The van der Waals surface area contributed by atoms with Crippen LogP contribution in [0.2, 0.25) is 0 Å². The number of rotatable bonds is 5. The molecule has 1 N–H and O–H groups in total. The van der Waals surface area contributed by atoms with Gasteiger partial charge in [0.05, 0.1) is 24.8 Å². The molecule has 1 aliphatic heterocycles. The highest BCUT2D eigenvalue weighted by Gasteiger charge is 2.25. The van der Waals surface area contributed by atoms with Gasteiger partial charge in [0.25, 0.3) is 0 Å². The fourth-order valence-electron chi connectivity index (χ4n) is 3.24. The number of hydrogen-bond acceptors (Lipinski definition) is 5. The molecule has 0 saturated carbocycles. The molecular formula is C21H24N4O2. The Morgan fingerprint density at radius 3 is 2.48 bits per heavy atom. The summed E-state index contributed by atoms with van der Waals surface area (Å²) in [5.74, 6) is 0.797. The maximum atomic E-state index is 12.6. The van der Waals surface area contributed by atoms with Gasteiger partial charge in [0.1, 0.15) is 5.75 Å². The van der Waals surface area contributed by atoms with E-state index in [2.05, 4.69) is 33.3 Å². The molecule has 0 spiro atoms. The van der Waals surface area contributed by atoms with Crippen molar-refractivity contribution >= 4 is 17.3 Å². The summed E-state index contributed by atoms with van der Waals surface area (Å²) in [4.78, 5) is 17.1. The maximum Gasteiger partial charge on any atom is 0.241 e. The second kappa shape index (κ2) is 8.56.